The highest BCUT2D eigenvalue weighted by atomic mass is 16.6. The molecule has 6 heteroatoms. The summed E-state index contributed by atoms with van der Waals surface area (Å²) in [4.78, 5) is 38.1. The van der Waals surface area contributed by atoms with Crippen LogP contribution in [0.5, 0.6) is 0 Å². The van der Waals surface area contributed by atoms with Gasteiger partial charge in [-0.25, -0.2) is 0 Å². The largest absolute Gasteiger partial charge is 0.462 e. The van der Waals surface area contributed by atoms with Crippen molar-refractivity contribution >= 4 is 17.9 Å². The summed E-state index contributed by atoms with van der Waals surface area (Å²) >= 11 is 0. The van der Waals surface area contributed by atoms with Crippen LogP contribution in [-0.2, 0) is 28.6 Å². The van der Waals surface area contributed by atoms with Gasteiger partial charge in [0.15, 0.2) is 6.10 Å². The molecule has 0 aliphatic heterocycles. The average Bonchev–Trinajstić information content (AvgIpc) is 3.28. The number of esters is 3. The zero-order valence-corrected chi connectivity index (χ0v) is 44.6. The molecule has 65 heavy (non-hydrogen) atoms. The zero-order valence-electron chi connectivity index (χ0n) is 44.6. The van der Waals surface area contributed by atoms with Crippen molar-refractivity contribution in [1.82, 2.24) is 0 Å². The van der Waals surface area contributed by atoms with E-state index in [1.807, 2.05) is 0 Å². The van der Waals surface area contributed by atoms with Crippen LogP contribution in [0.3, 0.4) is 0 Å². The number of ether oxygens (including phenoxy) is 3. The van der Waals surface area contributed by atoms with E-state index in [1.165, 1.54) is 218 Å². The predicted octanol–water partition coefficient (Wildman–Crippen LogP) is 19.3. The third kappa shape index (κ3) is 53.2. The van der Waals surface area contributed by atoms with Gasteiger partial charge >= 0.3 is 17.9 Å². The fourth-order valence-corrected chi connectivity index (χ4v) is 9.05. The summed E-state index contributed by atoms with van der Waals surface area (Å²) in [6.07, 6.45) is 55.3. The van der Waals surface area contributed by atoms with Gasteiger partial charge in [-0.1, -0.05) is 291 Å². The molecule has 0 amide bonds. The van der Waals surface area contributed by atoms with Crippen molar-refractivity contribution < 1.29 is 28.6 Å². The quantitative estimate of drug-likeness (QED) is 0.0344. The summed E-state index contributed by atoms with van der Waals surface area (Å²) in [7, 11) is 0. The molecule has 0 aromatic heterocycles. The molecule has 0 radical (unpaired) electrons. The Bertz CT molecular complexity index is 993. The number of carbonyl (C=O) groups excluding carboxylic acids is 3. The molecular weight excluding hydrogens is 805 g/mol. The van der Waals surface area contributed by atoms with E-state index in [4.69, 9.17) is 14.2 Å². The van der Waals surface area contributed by atoms with E-state index in [0.29, 0.717) is 19.3 Å². The number of hydrogen-bond acceptors (Lipinski definition) is 6. The third-order valence-corrected chi connectivity index (χ3v) is 13.5. The molecule has 0 spiro atoms. The van der Waals surface area contributed by atoms with Crippen molar-refractivity contribution in [3.8, 4) is 0 Å². The Morgan fingerprint density at radius 1 is 0.292 bits per heavy atom. The van der Waals surface area contributed by atoms with Crippen molar-refractivity contribution in [2.24, 2.45) is 11.8 Å². The van der Waals surface area contributed by atoms with Gasteiger partial charge in [0, 0.05) is 19.3 Å². The number of unbranched alkanes of at least 4 members (excludes halogenated alkanes) is 38. The molecule has 0 aromatic carbocycles. The molecule has 0 N–H and O–H groups in total. The topological polar surface area (TPSA) is 78.9 Å². The standard InChI is InChI=1S/C59H114O6/c1-6-7-8-9-10-11-12-13-14-18-21-24-29-34-39-44-49-57(60)63-52-56(53-64-58(61)50-45-40-35-31-26-28-33-38-43-48-55(4)5)65-59(62)51-46-41-36-30-25-22-19-16-15-17-20-23-27-32-37-42-47-54(2)3/h54-56H,6-53H2,1-5H3/t56-/m1/s1. The van der Waals surface area contributed by atoms with Crippen LogP contribution >= 0.6 is 0 Å². The maximum atomic E-state index is 12.9. The SMILES string of the molecule is CCCCCCCCCCCCCCCCCCC(=O)OC[C@H](COC(=O)CCCCCCCCCCCC(C)C)OC(=O)CCCCCCCCCCCCCCCCCCC(C)C. The molecule has 0 aromatic rings. The van der Waals surface area contributed by atoms with E-state index in [2.05, 4.69) is 34.6 Å². The summed E-state index contributed by atoms with van der Waals surface area (Å²) < 4.78 is 16.9. The van der Waals surface area contributed by atoms with Gasteiger partial charge in [0.25, 0.3) is 0 Å². The smallest absolute Gasteiger partial charge is 0.306 e. The van der Waals surface area contributed by atoms with Crippen molar-refractivity contribution in [3.05, 3.63) is 0 Å². The summed E-state index contributed by atoms with van der Waals surface area (Å²) in [6.45, 7) is 11.4. The van der Waals surface area contributed by atoms with Gasteiger partial charge < -0.3 is 14.2 Å². The van der Waals surface area contributed by atoms with Crippen LogP contribution in [0.1, 0.15) is 330 Å². The number of hydrogen-bond donors (Lipinski definition) is 0. The molecule has 0 rings (SSSR count). The van der Waals surface area contributed by atoms with E-state index >= 15 is 0 Å². The predicted molar refractivity (Wildman–Crippen MR) is 280 cm³/mol. The van der Waals surface area contributed by atoms with Crippen molar-refractivity contribution in [2.45, 2.75) is 336 Å². The van der Waals surface area contributed by atoms with Gasteiger partial charge in [-0.05, 0) is 31.1 Å². The molecule has 0 saturated heterocycles. The zero-order chi connectivity index (χ0) is 47.5. The van der Waals surface area contributed by atoms with Crippen LogP contribution in [0.15, 0.2) is 0 Å². The van der Waals surface area contributed by atoms with E-state index in [9.17, 15) is 14.4 Å². The second kappa shape index (κ2) is 51.8. The van der Waals surface area contributed by atoms with E-state index in [0.717, 1.165) is 69.6 Å². The van der Waals surface area contributed by atoms with Crippen LogP contribution in [0.4, 0.5) is 0 Å². The third-order valence-electron chi connectivity index (χ3n) is 13.5. The lowest BCUT2D eigenvalue weighted by Gasteiger charge is -2.18. The van der Waals surface area contributed by atoms with Crippen LogP contribution in [0.25, 0.3) is 0 Å². The lowest BCUT2D eigenvalue weighted by molar-refractivity contribution is -0.167. The molecular formula is C59H114O6. The Morgan fingerprint density at radius 2 is 0.508 bits per heavy atom. The van der Waals surface area contributed by atoms with Crippen LogP contribution in [0, 0.1) is 11.8 Å². The van der Waals surface area contributed by atoms with Gasteiger partial charge in [-0.3, -0.25) is 14.4 Å². The summed E-state index contributed by atoms with van der Waals surface area (Å²) in [6, 6.07) is 0. The second-order valence-electron chi connectivity index (χ2n) is 21.2. The highest BCUT2D eigenvalue weighted by molar-refractivity contribution is 5.71. The van der Waals surface area contributed by atoms with E-state index in [-0.39, 0.29) is 31.1 Å². The highest BCUT2D eigenvalue weighted by Gasteiger charge is 2.19. The molecule has 386 valence electrons. The second-order valence-corrected chi connectivity index (χ2v) is 21.2. The van der Waals surface area contributed by atoms with E-state index < -0.39 is 6.10 Å². The minimum Gasteiger partial charge on any atom is -0.462 e. The lowest BCUT2D eigenvalue weighted by atomic mass is 10.0. The Labute approximate surface area is 406 Å². The van der Waals surface area contributed by atoms with Gasteiger partial charge in [0.2, 0.25) is 0 Å². The maximum absolute atomic E-state index is 12.9. The highest BCUT2D eigenvalue weighted by Crippen LogP contribution is 2.18. The molecule has 1 atom stereocenters. The van der Waals surface area contributed by atoms with E-state index in [1.54, 1.807) is 0 Å². The molecule has 6 nitrogen and oxygen atoms in total. The first-order valence-corrected chi connectivity index (χ1v) is 29.2. The average molecular weight is 920 g/mol. The normalized spacial score (nSPS) is 12.0. The first kappa shape index (κ1) is 63.4. The van der Waals surface area contributed by atoms with Gasteiger partial charge in [-0.15, -0.1) is 0 Å². The molecule has 0 aliphatic rings. The van der Waals surface area contributed by atoms with Gasteiger partial charge in [-0.2, -0.15) is 0 Å². The molecule has 0 unspecified atom stereocenters. The Morgan fingerprint density at radius 3 is 0.754 bits per heavy atom. The summed E-state index contributed by atoms with van der Waals surface area (Å²) in [5.41, 5.74) is 0. The summed E-state index contributed by atoms with van der Waals surface area (Å²) in [5.74, 6) is 0.821. The number of rotatable bonds is 53. The van der Waals surface area contributed by atoms with Crippen molar-refractivity contribution in [3.63, 3.8) is 0 Å². The Balaban J connectivity index is 4.27. The minimum atomic E-state index is -0.763. The monoisotopic (exact) mass is 919 g/mol. The van der Waals surface area contributed by atoms with Crippen molar-refractivity contribution in [1.29, 1.82) is 0 Å². The molecule has 0 bridgehead atoms. The first-order chi connectivity index (χ1) is 31.7. The van der Waals surface area contributed by atoms with Gasteiger partial charge in [0.1, 0.15) is 13.2 Å². The molecule has 0 aliphatic carbocycles. The van der Waals surface area contributed by atoms with Crippen molar-refractivity contribution in [2.75, 3.05) is 13.2 Å². The maximum Gasteiger partial charge on any atom is 0.306 e. The fourth-order valence-electron chi connectivity index (χ4n) is 9.05. The van der Waals surface area contributed by atoms with Crippen LogP contribution in [0.2, 0.25) is 0 Å². The molecule has 0 saturated carbocycles. The first-order valence-electron chi connectivity index (χ1n) is 29.2. The fraction of sp³-hybridized carbons (Fsp3) is 0.949. The Hall–Kier alpha value is -1.59. The minimum absolute atomic E-state index is 0.0627. The summed E-state index contributed by atoms with van der Waals surface area (Å²) in [5, 5.41) is 0. The Kier molecular flexibility index (Phi) is 50.5. The van der Waals surface area contributed by atoms with Crippen LogP contribution < -0.4 is 0 Å². The molecule has 0 heterocycles. The van der Waals surface area contributed by atoms with Crippen LogP contribution in [-0.4, -0.2) is 37.2 Å². The number of carbonyl (C=O) groups is 3. The molecule has 0 fully saturated rings. The lowest BCUT2D eigenvalue weighted by Crippen LogP contribution is -2.30. The van der Waals surface area contributed by atoms with Gasteiger partial charge in [0.05, 0.1) is 0 Å².